The zero-order chi connectivity index (χ0) is 19.6. The third-order valence-corrected chi connectivity index (χ3v) is 5.46. The van der Waals surface area contributed by atoms with Gasteiger partial charge in [0.1, 0.15) is 0 Å². The molecule has 0 N–H and O–H groups in total. The van der Waals surface area contributed by atoms with Crippen molar-refractivity contribution in [2.75, 3.05) is 0 Å². The number of benzene rings is 2. The number of hydrogen-bond donors (Lipinski definition) is 0. The zero-order valence-electron chi connectivity index (χ0n) is 18.6. The Bertz CT molecular complexity index is 681. The van der Waals surface area contributed by atoms with Gasteiger partial charge < -0.3 is 4.90 Å². The van der Waals surface area contributed by atoms with E-state index in [0.29, 0.717) is 12.1 Å². The van der Waals surface area contributed by atoms with Crippen LogP contribution in [0.25, 0.3) is 10.8 Å². The van der Waals surface area contributed by atoms with Crippen LogP contribution in [0.3, 0.4) is 0 Å². The van der Waals surface area contributed by atoms with Crippen LogP contribution in [0, 0.1) is 6.07 Å². The second kappa shape index (κ2) is 13.1. The van der Waals surface area contributed by atoms with Gasteiger partial charge in [-0.25, -0.2) is 0 Å². The van der Waals surface area contributed by atoms with Crippen LogP contribution in [-0.2, 0) is 0 Å². The molecular weight excluding hydrogens is 337 g/mol. The predicted molar refractivity (Wildman–Crippen MR) is 116 cm³/mol. The first kappa shape index (κ1) is 24.8. The molecule has 0 aromatic heterocycles. The molecule has 3 heteroatoms. The van der Waals surface area contributed by atoms with Gasteiger partial charge in [-0.2, -0.15) is 18.2 Å². The summed E-state index contributed by atoms with van der Waals surface area (Å²) >= 11 is 0. The van der Waals surface area contributed by atoms with Crippen LogP contribution >= 0.6 is 0 Å². The summed E-state index contributed by atoms with van der Waals surface area (Å²) in [6.45, 7) is 8.91. The van der Waals surface area contributed by atoms with Crippen molar-refractivity contribution in [3.05, 3.63) is 48.0 Å². The fraction of sp³-hybridized carbons (Fsp3) is 0.560. The predicted octanol–water partition coefficient (Wildman–Crippen LogP) is 4.02. The molecule has 0 saturated carbocycles. The minimum Gasteiger partial charge on any atom is -0.343 e. The molecule has 0 heterocycles. The van der Waals surface area contributed by atoms with Crippen molar-refractivity contribution in [1.29, 1.82) is 0 Å². The van der Waals surface area contributed by atoms with Crippen molar-refractivity contribution in [2.24, 2.45) is 0 Å². The number of fused-ring (bicyclic) bond motifs is 1. The molecular formula is C25H36LiNO. The third kappa shape index (κ3) is 6.13. The molecule has 2 aromatic rings. The van der Waals surface area contributed by atoms with Gasteiger partial charge in [-0.15, -0.1) is 16.8 Å². The standard InChI is InChI=1S/C25H36NO.Li/c1-5-12-21(13-6-2)26(22(14-7-3)15-8-4)25(27)24-19-11-17-20-16-9-10-18-23(20)24;/h9-10,16-19,21-22H,5-8,12-15H2,1-4H3;/q-1;+1. The molecule has 0 aliphatic rings. The van der Waals surface area contributed by atoms with Crippen LogP contribution in [-0.4, -0.2) is 22.9 Å². The molecule has 0 saturated heterocycles. The quantitative estimate of drug-likeness (QED) is 0.430. The molecule has 0 radical (unpaired) electrons. The maximum absolute atomic E-state index is 13.8. The van der Waals surface area contributed by atoms with Crippen LogP contribution < -0.4 is 18.9 Å². The molecule has 28 heavy (non-hydrogen) atoms. The second-order valence-electron chi connectivity index (χ2n) is 7.63. The van der Waals surface area contributed by atoms with E-state index in [1.54, 1.807) is 0 Å². The summed E-state index contributed by atoms with van der Waals surface area (Å²) < 4.78 is 0. The van der Waals surface area contributed by atoms with E-state index < -0.39 is 0 Å². The Morgan fingerprint density at radius 2 is 1.36 bits per heavy atom. The monoisotopic (exact) mass is 373 g/mol. The van der Waals surface area contributed by atoms with Crippen LogP contribution in [0.1, 0.15) is 89.4 Å². The molecule has 0 aliphatic carbocycles. The number of rotatable bonds is 11. The zero-order valence-corrected chi connectivity index (χ0v) is 18.6. The van der Waals surface area contributed by atoms with E-state index >= 15 is 0 Å². The normalized spacial score (nSPS) is 11.1. The van der Waals surface area contributed by atoms with Crippen LogP contribution in [0.5, 0.6) is 0 Å². The number of carbonyl (C=O) groups is 1. The summed E-state index contributed by atoms with van der Waals surface area (Å²) in [5.74, 6) is 0.196. The molecule has 1 amide bonds. The summed E-state index contributed by atoms with van der Waals surface area (Å²) in [7, 11) is 0. The molecule has 2 aromatic carbocycles. The topological polar surface area (TPSA) is 20.3 Å². The van der Waals surface area contributed by atoms with Crippen molar-refractivity contribution in [1.82, 2.24) is 4.90 Å². The van der Waals surface area contributed by atoms with E-state index in [9.17, 15) is 4.79 Å². The first-order valence-corrected chi connectivity index (χ1v) is 10.9. The van der Waals surface area contributed by atoms with Gasteiger partial charge in [-0.3, -0.25) is 4.79 Å². The minimum absolute atomic E-state index is 0. The van der Waals surface area contributed by atoms with Gasteiger partial charge in [-0.1, -0.05) is 77.1 Å². The minimum atomic E-state index is 0. The van der Waals surface area contributed by atoms with Gasteiger partial charge in [0, 0.05) is 12.1 Å². The van der Waals surface area contributed by atoms with Crippen LogP contribution in [0.4, 0.5) is 0 Å². The average Bonchev–Trinajstić information content (AvgIpc) is 2.68. The Kier molecular flexibility index (Phi) is 11.6. The van der Waals surface area contributed by atoms with Crippen molar-refractivity contribution < 1.29 is 23.7 Å². The van der Waals surface area contributed by atoms with Crippen molar-refractivity contribution in [3.63, 3.8) is 0 Å². The number of amides is 1. The Morgan fingerprint density at radius 1 is 0.857 bits per heavy atom. The summed E-state index contributed by atoms with van der Waals surface area (Å²) in [6, 6.07) is 15.9. The summed E-state index contributed by atoms with van der Waals surface area (Å²) in [5, 5.41) is 2.14. The van der Waals surface area contributed by atoms with Crippen molar-refractivity contribution in [3.8, 4) is 0 Å². The Morgan fingerprint density at radius 3 is 1.86 bits per heavy atom. The first-order valence-electron chi connectivity index (χ1n) is 10.9. The van der Waals surface area contributed by atoms with Crippen LogP contribution in [0.15, 0.2) is 36.4 Å². The molecule has 0 unspecified atom stereocenters. The van der Waals surface area contributed by atoms with Crippen molar-refractivity contribution >= 4 is 16.7 Å². The fourth-order valence-electron chi connectivity index (χ4n) is 4.28. The molecule has 148 valence electrons. The van der Waals surface area contributed by atoms with E-state index in [-0.39, 0.29) is 24.8 Å². The number of hydrogen-bond acceptors (Lipinski definition) is 1. The maximum Gasteiger partial charge on any atom is 1.00 e. The molecule has 0 spiro atoms. The van der Waals surface area contributed by atoms with E-state index in [4.69, 9.17) is 0 Å². The van der Waals surface area contributed by atoms with Gasteiger partial charge in [-0.05, 0) is 25.7 Å². The number of nitrogens with zero attached hydrogens (tertiary/aromatic N) is 1. The van der Waals surface area contributed by atoms with Gasteiger partial charge in [0.05, 0.1) is 0 Å². The first-order chi connectivity index (χ1) is 13.2. The average molecular weight is 374 g/mol. The SMILES string of the molecule is CCCC(CCC)N(C(=O)c1c[c-]cc2ccccc12)C(CCC)CCC.[Li+]. The molecule has 0 atom stereocenters. The third-order valence-electron chi connectivity index (χ3n) is 5.46. The van der Waals surface area contributed by atoms with E-state index in [0.717, 1.165) is 67.7 Å². The molecule has 0 fully saturated rings. The van der Waals surface area contributed by atoms with E-state index in [2.05, 4.69) is 50.8 Å². The van der Waals surface area contributed by atoms with E-state index in [1.807, 2.05) is 24.3 Å². The maximum atomic E-state index is 13.8. The molecule has 0 aliphatic heterocycles. The van der Waals surface area contributed by atoms with Crippen molar-refractivity contribution in [2.45, 2.75) is 91.1 Å². The van der Waals surface area contributed by atoms with Gasteiger partial charge in [0.15, 0.2) is 5.91 Å². The summed E-state index contributed by atoms with van der Waals surface area (Å²) in [6.07, 6.45) is 8.77. The molecule has 2 rings (SSSR count). The van der Waals surface area contributed by atoms with Gasteiger partial charge in [0.25, 0.3) is 0 Å². The van der Waals surface area contributed by atoms with Crippen LogP contribution in [0.2, 0.25) is 0 Å². The summed E-state index contributed by atoms with van der Waals surface area (Å²) in [5.41, 5.74) is 0.808. The largest absolute Gasteiger partial charge is 1.00 e. The Labute approximate surface area is 184 Å². The van der Waals surface area contributed by atoms with Gasteiger partial charge >= 0.3 is 18.9 Å². The number of carbonyl (C=O) groups excluding carboxylic acids is 1. The second-order valence-corrected chi connectivity index (χ2v) is 7.63. The smallest absolute Gasteiger partial charge is 0.343 e. The Hall–Kier alpha value is -1.23. The summed E-state index contributed by atoms with van der Waals surface area (Å²) in [4.78, 5) is 16.1. The Balaban J connectivity index is 0.00000392. The molecule has 0 bridgehead atoms. The fourth-order valence-corrected chi connectivity index (χ4v) is 4.28. The van der Waals surface area contributed by atoms with E-state index in [1.165, 1.54) is 0 Å². The molecule has 2 nitrogen and oxygen atoms in total. The van der Waals surface area contributed by atoms with Gasteiger partial charge in [0.2, 0.25) is 0 Å².